The van der Waals surface area contributed by atoms with E-state index in [1.165, 1.54) is 11.1 Å². The Morgan fingerprint density at radius 3 is 1.23 bits per heavy atom. The first-order valence-corrected chi connectivity index (χ1v) is 15.5. The molecule has 0 atom stereocenters. The van der Waals surface area contributed by atoms with Gasteiger partial charge in [0.25, 0.3) is 11.8 Å². The highest BCUT2D eigenvalue weighted by atomic mass is 16.2. The third kappa shape index (κ3) is 12.9. The number of nitrogens with two attached hydrogens (primary N) is 2. The minimum absolute atomic E-state index is 0.107. The van der Waals surface area contributed by atoms with Crippen LogP contribution in [0.4, 0.5) is 0 Å². The van der Waals surface area contributed by atoms with Gasteiger partial charge in [0.15, 0.2) is 0 Å². The molecule has 2 amide bonds. The van der Waals surface area contributed by atoms with Crippen molar-refractivity contribution in [1.29, 1.82) is 0 Å². The first kappa shape index (κ1) is 34.8. The Bertz CT molecular complexity index is 1150. The molecule has 0 radical (unpaired) electrons. The fraction of sp³-hybridized carbons (Fsp3) is 0.412. The molecule has 10 heteroatoms. The molecule has 0 heterocycles. The smallest absolute Gasteiger partial charge is 0.265 e. The predicted octanol–water partition coefficient (Wildman–Crippen LogP) is 2.90. The molecule has 238 valence electrons. The maximum Gasteiger partial charge on any atom is 0.265 e. The van der Waals surface area contributed by atoms with E-state index in [-0.39, 0.29) is 11.8 Å². The van der Waals surface area contributed by atoms with E-state index in [2.05, 4.69) is 45.8 Å². The van der Waals surface area contributed by atoms with E-state index in [4.69, 9.17) is 11.5 Å². The highest BCUT2D eigenvalue weighted by Crippen LogP contribution is 2.07. The quantitative estimate of drug-likeness (QED) is 0.0857. The first-order chi connectivity index (χ1) is 21.4. The zero-order valence-corrected chi connectivity index (χ0v) is 26.3. The summed E-state index contributed by atoms with van der Waals surface area (Å²) in [6, 6.07) is 23.4. The molecule has 44 heavy (non-hydrogen) atoms. The highest BCUT2D eigenvalue weighted by Gasteiger charge is 2.09. The second-order valence-corrected chi connectivity index (χ2v) is 11.1. The molecule has 3 aromatic carbocycles. The summed E-state index contributed by atoms with van der Waals surface area (Å²) in [5.41, 5.74) is 22.9. The maximum atomic E-state index is 12.4. The fourth-order valence-electron chi connectivity index (χ4n) is 4.61. The van der Waals surface area contributed by atoms with Crippen LogP contribution < -0.4 is 33.0 Å². The van der Waals surface area contributed by atoms with Crippen LogP contribution in [0.1, 0.15) is 68.7 Å². The van der Waals surface area contributed by atoms with Gasteiger partial charge < -0.3 is 22.1 Å². The molecule has 0 saturated carbocycles. The van der Waals surface area contributed by atoms with E-state index in [0.717, 1.165) is 76.1 Å². The molecule has 0 spiro atoms. The van der Waals surface area contributed by atoms with Gasteiger partial charge in [0, 0.05) is 64.5 Å². The summed E-state index contributed by atoms with van der Waals surface area (Å²) in [5.74, 6) is -0.214. The largest absolute Gasteiger partial charge is 0.326 e. The lowest BCUT2D eigenvalue weighted by molar-refractivity contribution is 0.0818. The molecule has 0 fully saturated rings. The number of unbranched alkanes of at least 4 members (excludes halogenated alkanes) is 2. The Labute approximate surface area is 262 Å². The Morgan fingerprint density at radius 1 is 0.545 bits per heavy atom. The average Bonchev–Trinajstić information content (AvgIpc) is 3.04. The van der Waals surface area contributed by atoms with Gasteiger partial charge in [0.1, 0.15) is 0 Å². The lowest BCUT2D eigenvalue weighted by atomic mass is 10.1. The number of carbonyl (C=O) groups excluding carboxylic acids is 2. The van der Waals surface area contributed by atoms with Gasteiger partial charge in [-0.1, -0.05) is 48.5 Å². The van der Waals surface area contributed by atoms with Crippen LogP contribution in [-0.2, 0) is 26.2 Å². The lowest BCUT2D eigenvalue weighted by Crippen LogP contribution is -2.40. The van der Waals surface area contributed by atoms with Crippen molar-refractivity contribution < 1.29 is 9.59 Å². The Morgan fingerprint density at radius 2 is 0.886 bits per heavy atom. The molecule has 0 aliphatic rings. The van der Waals surface area contributed by atoms with Crippen LogP contribution in [0, 0.1) is 0 Å². The number of rotatable bonds is 20. The number of benzene rings is 3. The van der Waals surface area contributed by atoms with Crippen molar-refractivity contribution in [2.24, 2.45) is 11.5 Å². The molecule has 8 N–H and O–H groups in total. The molecular formula is C34H50N8O2. The Hall–Kier alpha value is -3.64. The van der Waals surface area contributed by atoms with Crippen LogP contribution in [0.2, 0.25) is 0 Å². The molecule has 0 aliphatic carbocycles. The van der Waals surface area contributed by atoms with E-state index in [1.807, 2.05) is 48.4 Å². The van der Waals surface area contributed by atoms with Gasteiger partial charge in [-0.2, -0.15) is 0 Å². The summed E-state index contributed by atoms with van der Waals surface area (Å²) in [7, 11) is 3.78. The average molecular weight is 603 g/mol. The molecule has 10 nitrogen and oxygen atoms in total. The molecule has 3 rings (SSSR count). The Balaban J connectivity index is 1.18. The van der Waals surface area contributed by atoms with Crippen molar-refractivity contribution in [3.63, 3.8) is 0 Å². The molecule has 0 aromatic heterocycles. The summed E-state index contributed by atoms with van der Waals surface area (Å²) in [4.78, 5) is 24.7. The number of nitrogens with zero attached hydrogens (tertiary/aromatic N) is 2. The molecular weight excluding hydrogens is 552 g/mol. The summed E-state index contributed by atoms with van der Waals surface area (Å²) >= 11 is 0. The van der Waals surface area contributed by atoms with Gasteiger partial charge in [0.2, 0.25) is 0 Å². The number of hydrogen-bond acceptors (Lipinski definition) is 8. The third-order valence-corrected chi connectivity index (χ3v) is 7.36. The second kappa shape index (κ2) is 19.6. The van der Waals surface area contributed by atoms with Crippen molar-refractivity contribution in [3.05, 3.63) is 106 Å². The van der Waals surface area contributed by atoms with Gasteiger partial charge in [-0.15, -0.1) is 0 Å². The standard InChI is InChI=1S/C34H50N8O2/c1-41(39-33(43)31-15-11-27(23-35)12-16-31)21-5-3-19-37-25-29-7-9-30(10-8-29)26-38-20-4-6-22-42(2)40-34(44)32-17-13-28(24-36)14-18-32/h7-18,37-38H,3-6,19-26,35-36H2,1-2H3,(H,39,43)(H,40,44). The number of hydrogen-bond donors (Lipinski definition) is 6. The minimum atomic E-state index is -0.107. The normalized spacial score (nSPS) is 11.2. The SMILES string of the molecule is CN(CCCCNCc1ccc(CNCCCCN(C)NC(=O)c2ccc(CN)cc2)cc1)NC(=O)c1ccc(CN)cc1. The van der Waals surface area contributed by atoms with Crippen molar-refractivity contribution >= 4 is 11.8 Å². The molecule has 0 unspecified atom stereocenters. The van der Waals surface area contributed by atoms with Crippen molar-refractivity contribution in [1.82, 2.24) is 31.5 Å². The lowest BCUT2D eigenvalue weighted by Gasteiger charge is -2.18. The highest BCUT2D eigenvalue weighted by molar-refractivity contribution is 5.94. The summed E-state index contributed by atoms with van der Waals surface area (Å²) in [5, 5.41) is 10.7. The zero-order valence-electron chi connectivity index (χ0n) is 26.3. The predicted molar refractivity (Wildman–Crippen MR) is 177 cm³/mol. The second-order valence-electron chi connectivity index (χ2n) is 11.1. The van der Waals surface area contributed by atoms with Crippen molar-refractivity contribution in [3.8, 4) is 0 Å². The number of nitrogens with one attached hydrogen (secondary N) is 4. The van der Waals surface area contributed by atoms with E-state index in [0.29, 0.717) is 24.2 Å². The van der Waals surface area contributed by atoms with Crippen LogP contribution in [0.25, 0.3) is 0 Å². The third-order valence-electron chi connectivity index (χ3n) is 7.36. The van der Waals surface area contributed by atoms with Gasteiger partial charge in [-0.25, -0.2) is 10.0 Å². The van der Waals surface area contributed by atoms with Gasteiger partial charge in [-0.05, 0) is 85.3 Å². The van der Waals surface area contributed by atoms with E-state index in [1.54, 1.807) is 24.3 Å². The van der Waals surface area contributed by atoms with E-state index >= 15 is 0 Å². The van der Waals surface area contributed by atoms with E-state index in [9.17, 15) is 9.59 Å². The zero-order chi connectivity index (χ0) is 31.6. The minimum Gasteiger partial charge on any atom is -0.326 e. The van der Waals surface area contributed by atoms with Gasteiger partial charge in [-0.3, -0.25) is 20.4 Å². The van der Waals surface area contributed by atoms with Crippen LogP contribution >= 0.6 is 0 Å². The van der Waals surface area contributed by atoms with Crippen molar-refractivity contribution in [2.45, 2.75) is 51.9 Å². The van der Waals surface area contributed by atoms with Crippen molar-refractivity contribution in [2.75, 3.05) is 40.3 Å². The molecule has 0 bridgehead atoms. The van der Waals surface area contributed by atoms with E-state index < -0.39 is 0 Å². The van der Waals surface area contributed by atoms with Crippen LogP contribution in [0.3, 0.4) is 0 Å². The molecule has 0 aliphatic heterocycles. The summed E-state index contributed by atoms with van der Waals surface area (Å²) in [6.45, 7) is 6.03. The number of hydrazine groups is 2. The fourth-order valence-corrected chi connectivity index (χ4v) is 4.61. The van der Waals surface area contributed by atoms with Crippen LogP contribution in [0.15, 0.2) is 72.8 Å². The molecule has 0 saturated heterocycles. The number of carbonyl (C=O) groups is 2. The summed E-state index contributed by atoms with van der Waals surface area (Å²) in [6.07, 6.45) is 4.02. The summed E-state index contributed by atoms with van der Waals surface area (Å²) < 4.78 is 0. The van der Waals surface area contributed by atoms with Gasteiger partial charge >= 0.3 is 0 Å². The topological polar surface area (TPSA) is 141 Å². The van der Waals surface area contributed by atoms with Crippen LogP contribution in [0.5, 0.6) is 0 Å². The van der Waals surface area contributed by atoms with Gasteiger partial charge in [0.05, 0.1) is 0 Å². The van der Waals surface area contributed by atoms with Crippen LogP contribution in [-0.4, -0.2) is 62.1 Å². The monoisotopic (exact) mass is 602 g/mol. The first-order valence-electron chi connectivity index (χ1n) is 15.5. The maximum absolute atomic E-state index is 12.4. The number of amides is 2. The molecule has 3 aromatic rings. The Kier molecular flexibility index (Phi) is 15.5.